The first-order chi connectivity index (χ1) is 16.4. The third kappa shape index (κ3) is 3.96. The smallest absolute Gasteiger partial charge is 0.269 e. The molecule has 5 rings (SSSR count). The number of Topliss-reactive ketones (excluding diaryl/α,β-unsaturated/α-hetero) is 1. The Morgan fingerprint density at radius 1 is 0.882 bits per heavy atom. The van der Waals surface area contributed by atoms with Crippen molar-refractivity contribution in [3.63, 3.8) is 0 Å². The van der Waals surface area contributed by atoms with Crippen molar-refractivity contribution in [3.8, 4) is 0 Å². The molecule has 2 aromatic carbocycles. The molecule has 34 heavy (non-hydrogen) atoms. The van der Waals surface area contributed by atoms with E-state index in [1.807, 2.05) is 30.3 Å². The van der Waals surface area contributed by atoms with Crippen molar-refractivity contribution in [3.05, 3.63) is 84.6 Å². The van der Waals surface area contributed by atoms with Gasteiger partial charge in [0.25, 0.3) is 15.9 Å². The van der Waals surface area contributed by atoms with Gasteiger partial charge in [-0.2, -0.15) is 0 Å². The fourth-order valence-corrected chi connectivity index (χ4v) is 5.45. The van der Waals surface area contributed by atoms with E-state index in [4.69, 9.17) is 0 Å². The molecule has 0 saturated carbocycles. The Kier molecular flexibility index (Phi) is 5.66. The fraction of sp³-hybridized carbons (Fsp3) is 0.208. The average Bonchev–Trinajstić information content (AvgIpc) is 3.34. The van der Waals surface area contributed by atoms with Gasteiger partial charge in [0.05, 0.1) is 11.1 Å². The van der Waals surface area contributed by atoms with Crippen molar-refractivity contribution < 1.29 is 18.0 Å². The largest absolute Gasteiger partial charge is 0.339 e. The predicted octanol–water partition coefficient (Wildman–Crippen LogP) is 2.80. The molecule has 10 heteroatoms. The first kappa shape index (κ1) is 21.9. The van der Waals surface area contributed by atoms with Crippen molar-refractivity contribution in [2.24, 2.45) is 5.92 Å². The summed E-state index contributed by atoms with van der Waals surface area (Å²) in [5.41, 5.74) is 1.64. The molecule has 0 bridgehead atoms. The van der Waals surface area contributed by atoms with E-state index in [0.717, 1.165) is 3.97 Å². The number of carbonyl (C=O) groups is 2. The molecule has 0 atom stereocenters. The lowest BCUT2D eigenvalue weighted by Gasteiger charge is -2.31. The Labute approximate surface area is 196 Å². The second-order valence-corrected chi connectivity index (χ2v) is 9.91. The van der Waals surface area contributed by atoms with Gasteiger partial charge in [0.15, 0.2) is 11.4 Å². The van der Waals surface area contributed by atoms with Crippen molar-refractivity contribution in [1.29, 1.82) is 0 Å². The summed E-state index contributed by atoms with van der Waals surface area (Å²) in [6.45, 7) is 0.951. The molecule has 1 aliphatic rings. The minimum atomic E-state index is -3.92. The van der Waals surface area contributed by atoms with Crippen LogP contribution < -0.4 is 0 Å². The number of imidazole rings is 1. The molecule has 172 valence electrons. The zero-order valence-corrected chi connectivity index (χ0v) is 18.9. The molecular formula is C24H21N5O4S. The van der Waals surface area contributed by atoms with E-state index in [1.54, 1.807) is 4.90 Å². The van der Waals surface area contributed by atoms with Gasteiger partial charge in [0.1, 0.15) is 18.2 Å². The first-order valence-electron chi connectivity index (χ1n) is 10.8. The highest BCUT2D eigenvalue weighted by molar-refractivity contribution is 7.90. The molecule has 0 radical (unpaired) electrons. The van der Waals surface area contributed by atoms with Gasteiger partial charge in [0.2, 0.25) is 0 Å². The summed E-state index contributed by atoms with van der Waals surface area (Å²) >= 11 is 0. The highest BCUT2D eigenvalue weighted by Crippen LogP contribution is 2.24. The van der Waals surface area contributed by atoms with Gasteiger partial charge >= 0.3 is 0 Å². The normalized spacial score (nSPS) is 14.9. The van der Waals surface area contributed by atoms with E-state index < -0.39 is 10.0 Å². The minimum absolute atomic E-state index is 0.0272. The van der Waals surface area contributed by atoms with Crippen LogP contribution in [0.3, 0.4) is 0 Å². The van der Waals surface area contributed by atoms with Gasteiger partial charge in [-0.1, -0.05) is 30.3 Å². The zero-order valence-electron chi connectivity index (χ0n) is 18.1. The van der Waals surface area contributed by atoms with Crippen LogP contribution in [0.25, 0.3) is 11.2 Å². The van der Waals surface area contributed by atoms with Crippen LogP contribution in [0.5, 0.6) is 0 Å². The molecule has 3 heterocycles. The molecule has 4 aromatic rings. The third-order valence-corrected chi connectivity index (χ3v) is 7.74. The molecule has 0 N–H and O–H groups in total. The summed E-state index contributed by atoms with van der Waals surface area (Å²) in [5, 5.41) is 0. The molecule has 1 aliphatic heterocycles. The Bertz CT molecular complexity index is 1460. The van der Waals surface area contributed by atoms with Crippen LogP contribution in [-0.2, 0) is 10.0 Å². The number of nitrogens with zero attached hydrogens (tertiary/aromatic N) is 5. The maximum absolute atomic E-state index is 13.0. The third-order valence-electron chi connectivity index (χ3n) is 6.06. The molecule has 1 fully saturated rings. The van der Waals surface area contributed by atoms with Gasteiger partial charge < -0.3 is 4.90 Å². The second-order valence-electron chi connectivity index (χ2n) is 8.10. The average molecular weight is 476 g/mol. The first-order valence-corrected chi connectivity index (χ1v) is 12.3. The van der Waals surface area contributed by atoms with Crippen LogP contribution in [-0.4, -0.2) is 57.0 Å². The van der Waals surface area contributed by atoms with Crippen LogP contribution in [0.4, 0.5) is 0 Å². The van der Waals surface area contributed by atoms with Crippen LogP contribution >= 0.6 is 0 Å². The molecule has 0 unspecified atom stereocenters. The summed E-state index contributed by atoms with van der Waals surface area (Å²) in [5.74, 6) is -0.177. The number of hydrogen-bond donors (Lipinski definition) is 0. The van der Waals surface area contributed by atoms with Crippen LogP contribution in [0, 0.1) is 5.92 Å². The highest BCUT2D eigenvalue weighted by Gasteiger charge is 2.29. The highest BCUT2D eigenvalue weighted by atomic mass is 32.2. The number of piperidine rings is 1. The number of ketones is 1. The standard InChI is InChI=1S/C24H21N5O4S/c30-22(17-4-2-1-3-5-17)18-10-12-28(13-11-18)24(31)19-6-8-20(9-7-19)34(32,33)29-16-27-23-21(29)14-25-15-26-23/h1-9,14-16,18H,10-13H2. The van der Waals surface area contributed by atoms with E-state index in [-0.39, 0.29) is 33.7 Å². The van der Waals surface area contributed by atoms with E-state index in [9.17, 15) is 18.0 Å². The van der Waals surface area contributed by atoms with Crippen molar-refractivity contribution in [2.75, 3.05) is 13.1 Å². The van der Waals surface area contributed by atoms with Gasteiger partial charge in [-0.3, -0.25) is 9.59 Å². The lowest BCUT2D eigenvalue weighted by atomic mass is 9.88. The number of likely N-dealkylation sites (tertiary alicyclic amines) is 1. The Morgan fingerprint density at radius 3 is 2.29 bits per heavy atom. The molecule has 9 nitrogen and oxygen atoms in total. The number of rotatable bonds is 5. The summed E-state index contributed by atoms with van der Waals surface area (Å²) in [7, 11) is -3.92. The lowest BCUT2D eigenvalue weighted by molar-refractivity contribution is 0.0650. The number of hydrogen-bond acceptors (Lipinski definition) is 7. The quantitative estimate of drug-likeness (QED) is 0.408. The minimum Gasteiger partial charge on any atom is -0.339 e. The van der Waals surface area contributed by atoms with Gasteiger partial charge in [-0.05, 0) is 37.1 Å². The summed E-state index contributed by atoms with van der Waals surface area (Å²) in [6, 6.07) is 15.0. The van der Waals surface area contributed by atoms with E-state index >= 15 is 0 Å². The fourth-order valence-electron chi connectivity index (χ4n) is 4.18. The molecule has 0 aliphatic carbocycles. The van der Waals surface area contributed by atoms with Crippen molar-refractivity contribution >= 4 is 32.9 Å². The maximum Gasteiger partial charge on any atom is 0.269 e. The summed E-state index contributed by atoms with van der Waals surface area (Å²) in [4.78, 5) is 39.2. The monoisotopic (exact) mass is 475 g/mol. The van der Waals surface area contributed by atoms with Gasteiger partial charge in [-0.15, -0.1) is 0 Å². The Hall–Kier alpha value is -3.92. The molecular weight excluding hydrogens is 454 g/mol. The van der Waals surface area contributed by atoms with Gasteiger partial charge in [-0.25, -0.2) is 27.3 Å². The number of aromatic nitrogens is 4. The van der Waals surface area contributed by atoms with Crippen LogP contribution in [0.2, 0.25) is 0 Å². The van der Waals surface area contributed by atoms with Crippen LogP contribution in [0.1, 0.15) is 33.6 Å². The zero-order chi connectivity index (χ0) is 23.7. The molecule has 2 aromatic heterocycles. The van der Waals surface area contributed by atoms with Crippen molar-refractivity contribution in [2.45, 2.75) is 17.7 Å². The maximum atomic E-state index is 13.0. The van der Waals surface area contributed by atoms with Gasteiger partial charge in [0, 0.05) is 30.1 Å². The van der Waals surface area contributed by atoms with Crippen LogP contribution in [0.15, 0.2) is 78.3 Å². The van der Waals surface area contributed by atoms with Crippen molar-refractivity contribution in [1.82, 2.24) is 23.8 Å². The molecule has 1 saturated heterocycles. The summed E-state index contributed by atoms with van der Waals surface area (Å²) < 4.78 is 27.1. The van der Waals surface area contributed by atoms with E-state index in [0.29, 0.717) is 37.1 Å². The Balaban J connectivity index is 1.28. The number of carbonyl (C=O) groups excluding carboxylic acids is 2. The van der Waals surface area contributed by atoms with E-state index in [1.165, 1.54) is 43.1 Å². The number of benzene rings is 2. The second kappa shape index (κ2) is 8.79. The SMILES string of the molecule is O=C(c1ccccc1)C1CCN(C(=O)c2ccc(S(=O)(=O)n3cnc4ncncc43)cc2)CC1. The molecule has 0 spiro atoms. The van der Waals surface area contributed by atoms with E-state index in [2.05, 4.69) is 15.0 Å². The lowest BCUT2D eigenvalue weighted by Crippen LogP contribution is -2.40. The number of amides is 1. The Morgan fingerprint density at radius 2 is 1.59 bits per heavy atom. The number of fused-ring (bicyclic) bond motifs is 1. The predicted molar refractivity (Wildman–Crippen MR) is 124 cm³/mol. The topological polar surface area (TPSA) is 115 Å². The molecule has 1 amide bonds. The summed E-state index contributed by atoms with van der Waals surface area (Å²) in [6.07, 6.45) is 5.07.